The van der Waals surface area contributed by atoms with Gasteiger partial charge < -0.3 is 24.6 Å². The van der Waals surface area contributed by atoms with Crippen molar-refractivity contribution in [2.45, 2.75) is 32.6 Å². The highest BCUT2D eigenvalue weighted by Gasteiger charge is 2.26. The zero-order valence-corrected chi connectivity index (χ0v) is 21.3. The minimum absolute atomic E-state index is 0.116. The van der Waals surface area contributed by atoms with E-state index in [0.29, 0.717) is 51.5 Å². The van der Waals surface area contributed by atoms with Gasteiger partial charge in [0.05, 0.1) is 13.2 Å². The van der Waals surface area contributed by atoms with Gasteiger partial charge in [-0.1, -0.05) is 43.7 Å². The van der Waals surface area contributed by atoms with Gasteiger partial charge >= 0.3 is 6.09 Å². The third kappa shape index (κ3) is 7.76. The second-order valence-corrected chi connectivity index (χ2v) is 9.36. The van der Waals surface area contributed by atoms with Crippen LogP contribution in [-0.4, -0.2) is 85.7 Å². The lowest BCUT2D eigenvalue weighted by Crippen LogP contribution is -2.52. The van der Waals surface area contributed by atoms with Gasteiger partial charge in [0.2, 0.25) is 5.91 Å². The second-order valence-electron chi connectivity index (χ2n) is 8.27. The van der Waals surface area contributed by atoms with E-state index in [4.69, 9.17) is 9.47 Å². The molecule has 190 valence electrons. The molecule has 1 aromatic carbocycles. The smallest absolute Gasteiger partial charge is 0.409 e. The van der Waals surface area contributed by atoms with E-state index in [9.17, 15) is 14.4 Å². The molecule has 9 nitrogen and oxygen atoms in total. The van der Waals surface area contributed by atoms with Gasteiger partial charge in [-0.15, -0.1) is 11.3 Å². The summed E-state index contributed by atoms with van der Waals surface area (Å²) in [5.41, 5.74) is 1.31. The Bertz CT molecular complexity index is 973. The zero-order chi connectivity index (χ0) is 25.0. The van der Waals surface area contributed by atoms with Crippen molar-refractivity contribution < 1.29 is 23.9 Å². The highest BCUT2D eigenvalue weighted by molar-refractivity contribution is 7.15. The van der Waals surface area contributed by atoms with Crippen LogP contribution in [0.15, 0.2) is 30.3 Å². The molecule has 1 fully saturated rings. The van der Waals surface area contributed by atoms with Gasteiger partial charge in [-0.25, -0.2) is 9.78 Å². The van der Waals surface area contributed by atoms with Crippen LogP contribution in [-0.2, 0) is 20.7 Å². The molecule has 0 bridgehead atoms. The fourth-order valence-corrected chi connectivity index (χ4v) is 4.77. The van der Waals surface area contributed by atoms with Crippen molar-refractivity contribution in [1.82, 2.24) is 20.1 Å². The molecular weight excluding hydrogens is 468 g/mol. The number of methoxy groups -OCH3 is 1. The van der Waals surface area contributed by atoms with Crippen molar-refractivity contribution in [3.63, 3.8) is 0 Å². The number of aryl methyl sites for hydroxylation is 1. The van der Waals surface area contributed by atoms with Crippen LogP contribution in [0.1, 0.15) is 41.6 Å². The standard InChI is InChI=1S/C25H34N4O5S/c1-3-4-17-34-25(32)29-14-12-28(13-15-29)21(30)18-26-23(31)22-20(11-8-16-33-2)35-24(27-22)19-9-6-5-7-10-19/h5-7,9-10H,3-4,8,11-18H2,1-2H3,(H,26,31). The number of thiazole rings is 1. The monoisotopic (exact) mass is 502 g/mol. The summed E-state index contributed by atoms with van der Waals surface area (Å²) < 4.78 is 10.4. The third-order valence-electron chi connectivity index (χ3n) is 5.70. The fourth-order valence-electron chi connectivity index (χ4n) is 3.66. The highest BCUT2D eigenvalue weighted by Crippen LogP contribution is 2.29. The number of amides is 3. The Morgan fingerprint density at radius 2 is 1.74 bits per heavy atom. The summed E-state index contributed by atoms with van der Waals surface area (Å²) in [5, 5.41) is 3.51. The van der Waals surface area contributed by atoms with Gasteiger partial charge in [0.15, 0.2) is 0 Å². The number of benzene rings is 1. The van der Waals surface area contributed by atoms with Crippen LogP contribution in [0.3, 0.4) is 0 Å². The largest absolute Gasteiger partial charge is 0.449 e. The first-order valence-corrected chi connectivity index (χ1v) is 12.9. The van der Waals surface area contributed by atoms with Crippen LogP contribution in [0.2, 0.25) is 0 Å². The number of aromatic nitrogens is 1. The molecule has 0 unspecified atom stereocenters. The van der Waals surface area contributed by atoms with Crippen LogP contribution >= 0.6 is 11.3 Å². The average Bonchev–Trinajstić information content (AvgIpc) is 3.32. The Balaban J connectivity index is 1.54. The number of unbranched alkanes of at least 4 members (excludes halogenated alkanes) is 1. The first-order valence-electron chi connectivity index (χ1n) is 12.0. The Hall–Kier alpha value is -2.98. The number of carbonyl (C=O) groups is 3. The summed E-state index contributed by atoms with van der Waals surface area (Å²) in [5.74, 6) is -0.542. The number of carbonyl (C=O) groups excluding carboxylic acids is 3. The molecule has 0 saturated carbocycles. The van der Waals surface area contributed by atoms with Gasteiger partial charge in [-0.05, 0) is 19.3 Å². The summed E-state index contributed by atoms with van der Waals surface area (Å²) in [7, 11) is 1.65. The number of hydrogen-bond donors (Lipinski definition) is 1. The zero-order valence-electron chi connectivity index (χ0n) is 20.5. The second kappa shape index (κ2) is 13.8. The minimum atomic E-state index is -0.359. The number of nitrogens with zero attached hydrogens (tertiary/aromatic N) is 3. The highest BCUT2D eigenvalue weighted by atomic mass is 32.1. The number of hydrogen-bond acceptors (Lipinski definition) is 7. The molecule has 0 atom stereocenters. The molecule has 2 heterocycles. The topological polar surface area (TPSA) is 101 Å². The Morgan fingerprint density at radius 1 is 1.03 bits per heavy atom. The van der Waals surface area contributed by atoms with Crippen molar-refractivity contribution in [2.24, 2.45) is 0 Å². The maximum Gasteiger partial charge on any atom is 0.409 e. The average molecular weight is 503 g/mol. The summed E-state index contributed by atoms with van der Waals surface area (Å²) in [4.78, 5) is 46.5. The van der Waals surface area contributed by atoms with E-state index >= 15 is 0 Å². The molecule has 3 amide bonds. The molecule has 1 saturated heterocycles. The quantitative estimate of drug-likeness (QED) is 0.474. The SMILES string of the molecule is CCCCOC(=O)N1CCN(C(=O)CNC(=O)c2nc(-c3ccccc3)sc2CCCOC)CC1. The molecule has 10 heteroatoms. The molecular formula is C25H34N4O5S. The van der Waals surface area contributed by atoms with Gasteiger partial charge in [-0.2, -0.15) is 0 Å². The molecule has 1 aliphatic rings. The lowest BCUT2D eigenvalue weighted by Gasteiger charge is -2.34. The van der Waals surface area contributed by atoms with Gasteiger partial charge in [-0.3, -0.25) is 9.59 Å². The Morgan fingerprint density at radius 3 is 2.43 bits per heavy atom. The maximum absolute atomic E-state index is 13.0. The fraction of sp³-hybridized carbons (Fsp3) is 0.520. The lowest BCUT2D eigenvalue weighted by molar-refractivity contribution is -0.131. The maximum atomic E-state index is 13.0. The Labute approximate surface area is 210 Å². The molecule has 1 aromatic heterocycles. The first-order chi connectivity index (χ1) is 17.0. The van der Waals surface area contributed by atoms with E-state index in [-0.39, 0.29) is 24.5 Å². The summed E-state index contributed by atoms with van der Waals surface area (Å²) in [6, 6.07) is 9.73. The summed E-state index contributed by atoms with van der Waals surface area (Å²) in [6.07, 6.45) is 2.91. The normalized spacial score (nSPS) is 13.5. The van der Waals surface area contributed by atoms with E-state index in [0.717, 1.165) is 34.7 Å². The van der Waals surface area contributed by atoms with Crippen molar-refractivity contribution in [1.29, 1.82) is 0 Å². The molecule has 1 N–H and O–H groups in total. The molecule has 35 heavy (non-hydrogen) atoms. The number of nitrogens with one attached hydrogen (secondary N) is 1. The van der Waals surface area contributed by atoms with Crippen molar-refractivity contribution >= 4 is 29.2 Å². The predicted molar refractivity (Wildman–Crippen MR) is 134 cm³/mol. The van der Waals surface area contributed by atoms with Gasteiger partial charge in [0.25, 0.3) is 5.91 Å². The summed E-state index contributed by atoms with van der Waals surface area (Å²) in [6.45, 7) is 4.59. The van der Waals surface area contributed by atoms with Crippen LogP contribution in [0.4, 0.5) is 4.79 Å². The predicted octanol–water partition coefficient (Wildman–Crippen LogP) is 3.20. The molecule has 0 radical (unpaired) electrons. The number of rotatable bonds is 11. The van der Waals surface area contributed by atoms with E-state index in [1.807, 2.05) is 37.3 Å². The lowest BCUT2D eigenvalue weighted by atomic mass is 10.2. The van der Waals surface area contributed by atoms with Crippen LogP contribution in [0.25, 0.3) is 10.6 Å². The summed E-state index contributed by atoms with van der Waals surface area (Å²) >= 11 is 1.49. The van der Waals surface area contributed by atoms with Crippen LogP contribution < -0.4 is 5.32 Å². The van der Waals surface area contributed by atoms with Crippen molar-refractivity contribution in [3.8, 4) is 10.6 Å². The van der Waals surface area contributed by atoms with Crippen LogP contribution in [0.5, 0.6) is 0 Å². The molecule has 0 spiro atoms. The van der Waals surface area contributed by atoms with Crippen LogP contribution in [0, 0.1) is 0 Å². The number of piperazine rings is 1. The van der Waals surface area contributed by atoms with Crippen molar-refractivity contribution in [2.75, 3.05) is 53.0 Å². The molecule has 3 rings (SSSR count). The van der Waals surface area contributed by atoms with E-state index in [2.05, 4.69) is 10.3 Å². The molecule has 1 aliphatic heterocycles. The van der Waals surface area contributed by atoms with E-state index in [1.54, 1.807) is 16.9 Å². The van der Waals surface area contributed by atoms with E-state index < -0.39 is 0 Å². The molecule has 0 aliphatic carbocycles. The molecule has 2 aromatic rings. The first kappa shape index (κ1) is 26.6. The van der Waals surface area contributed by atoms with Crippen molar-refractivity contribution in [3.05, 3.63) is 40.9 Å². The van der Waals surface area contributed by atoms with Gasteiger partial charge in [0.1, 0.15) is 10.7 Å². The van der Waals surface area contributed by atoms with Gasteiger partial charge in [0, 0.05) is 50.3 Å². The Kier molecular flexibility index (Phi) is 10.5. The minimum Gasteiger partial charge on any atom is -0.449 e. The third-order valence-corrected chi connectivity index (χ3v) is 6.86. The van der Waals surface area contributed by atoms with E-state index in [1.165, 1.54) is 11.3 Å². The number of ether oxygens (including phenoxy) is 2.